The lowest BCUT2D eigenvalue weighted by Gasteiger charge is -2.08. The maximum absolute atomic E-state index is 13.2. The van der Waals surface area contributed by atoms with Crippen LogP contribution >= 0.6 is 15.9 Å². The zero-order chi connectivity index (χ0) is 23.3. The number of pyridine rings is 1. The molecule has 3 heterocycles. The van der Waals surface area contributed by atoms with Gasteiger partial charge in [0.2, 0.25) is 0 Å². The van der Waals surface area contributed by atoms with E-state index < -0.39 is 0 Å². The maximum atomic E-state index is 13.2. The first kappa shape index (κ1) is 21.7. The van der Waals surface area contributed by atoms with Gasteiger partial charge in [-0.3, -0.25) is 14.0 Å². The van der Waals surface area contributed by atoms with E-state index in [0.29, 0.717) is 18.8 Å². The molecule has 2 aromatic carbocycles. The van der Waals surface area contributed by atoms with Crippen LogP contribution in [0.4, 0.5) is 0 Å². The van der Waals surface area contributed by atoms with E-state index in [1.165, 1.54) is 0 Å². The Balaban J connectivity index is 1.72. The molecule has 0 amide bonds. The van der Waals surface area contributed by atoms with Gasteiger partial charge < -0.3 is 9.30 Å². The monoisotopic (exact) mass is 504 g/mol. The number of halogens is 1. The molecule has 0 spiro atoms. The summed E-state index contributed by atoms with van der Waals surface area (Å²) in [5.41, 5.74) is 6.52. The van der Waals surface area contributed by atoms with Crippen molar-refractivity contribution in [1.29, 1.82) is 0 Å². The lowest BCUT2D eigenvalue weighted by Crippen LogP contribution is -2.20. The van der Waals surface area contributed by atoms with Crippen LogP contribution in [0.2, 0.25) is 0 Å². The van der Waals surface area contributed by atoms with Crippen molar-refractivity contribution in [3.8, 4) is 22.4 Å². The Hall–Kier alpha value is -3.16. The average molecular weight is 505 g/mol. The van der Waals surface area contributed by atoms with Gasteiger partial charge in [0.1, 0.15) is 5.65 Å². The fourth-order valence-corrected chi connectivity index (χ4v) is 4.74. The van der Waals surface area contributed by atoms with Gasteiger partial charge in [-0.1, -0.05) is 34.1 Å². The quantitative estimate of drug-likeness (QED) is 0.322. The summed E-state index contributed by atoms with van der Waals surface area (Å²) in [6.07, 6.45) is 0. The first-order valence-electron chi connectivity index (χ1n) is 10.9. The van der Waals surface area contributed by atoms with Gasteiger partial charge in [-0.05, 0) is 48.9 Å². The van der Waals surface area contributed by atoms with Gasteiger partial charge in [-0.2, -0.15) is 5.10 Å². The smallest absolute Gasteiger partial charge is 0.259 e. The average Bonchev–Trinajstić information content (AvgIpc) is 3.32. The summed E-state index contributed by atoms with van der Waals surface area (Å²) in [5.74, 6) is 0. The summed E-state index contributed by atoms with van der Waals surface area (Å²) in [6.45, 7) is 3.19. The predicted octanol–water partition coefficient (Wildman–Crippen LogP) is 5.40. The van der Waals surface area contributed by atoms with Crippen LogP contribution in [0.3, 0.4) is 0 Å². The van der Waals surface area contributed by atoms with Crippen LogP contribution in [0, 0.1) is 0 Å². The minimum absolute atomic E-state index is 0.0127. The van der Waals surface area contributed by atoms with Crippen molar-refractivity contribution >= 4 is 37.9 Å². The fraction of sp³-hybridized carbons (Fsp3) is 0.231. The first-order chi connectivity index (χ1) is 15.9. The Bertz CT molecular complexity index is 1560. The van der Waals surface area contributed by atoms with Gasteiger partial charge in [-0.15, -0.1) is 0 Å². The molecule has 5 rings (SSSR count). The molecule has 7 heteroatoms. The van der Waals surface area contributed by atoms with Crippen molar-refractivity contribution < 1.29 is 4.74 Å². The summed E-state index contributed by atoms with van der Waals surface area (Å²) in [7, 11) is 5.78. The van der Waals surface area contributed by atoms with E-state index in [-0.39, 0.29) is 5.56 Å². The Labute approximate surface area is 200 Å². The summed E-state index contributed by atoms with van der Waals surface area (Å²) < 4.78 is 12.2. The lowest BCUT2D eigenvalue weighted by atomic mass is 10.0. The molecule has 0 bridgehead atoms. The third-order valence-corrected chi connectivity index (χ3v) is 6.76. The topological polar surface area (TPSA) is 54.0 Å². The number of benzene rings is 2. The molecular formula is C26H25BrN4O2. The molecule has 33 heavy (non-hydrogen) atoms. The molecule has 0 N–H and O–H groups in total. The summed E-state index contributed by atoms with van der Waals surface area (Å²) in [4.78, 5) is 13.2. The third-order valence-electron chi connectivity index (χ3n) is 6.23. The molecule has 6 nitrogen and oxygen atoms in total. The molecule has 0 fully saturated rings. The molecular weight excluding hydrogens is 480 g/mol. The molecule has 5 aromatic rings. The second kappa shape index (κ2) is 8.32. The number of aryl methyl sites for hydroxylation is 3. The Morgan fingerprint density at radius 3 is 2.36 bits per heavy atom. The van der Waals surface area contributed by atoms with Crippen LogP contribution in [0.5, 0.6) is 0 Å². The van der Waals surface area contributed by atoms with Crippen molar-refractivity contribution in [2.24, 2.45) is 21.1 Å². The van der Waals surface area contributed by atoms with Crippen molar-refractivity contribution in [2.75, 3.05) is 6.61 Å². The zero-order valence-corrected chi connectivity index (χ0v) is 20.7. The summed E-state index contributed by atoms with van der Waals surface area (Å²) in [6, 6.07) is 18.3. The standard InChI is InChI=1S/C26H25BrN4O2/c1-5-33-15-19-13-23(28-31(19)4)17-8-11-24-21(12-17)22-14-20(16-6-9-18(27)10-7-16)26(32)30(3)25(22)29(24)2/h6-14H,5,15H2,1-4H3. The van der Waals surface area contributed by atoms with E-state index >= 15 is 0 Å². The highest BCUT2D eigenvalue weighted by Gasteiger charge is 2.17. The predicted molar refractivity (Wildman–Crippen MR) is 136 cm³/mol. The van der Waals surface area contributed by atoms with Gasteiger partial charge in [0, 0.05) is 54.1 Å². The highest BCUT2D eigenvalue weighted by molar-refractivity contribution is 9.10. The number of hydrogen-bond acceptors (Lipinski definition) is 3. The van der Waals surface area contributed by atoms with Crippen molar-refractivity contribution in [3.05, 3.63) is 75.1 Å². The van der Waals surface area contributed by atoms with Gasteiger partial charge in [0.05, 0.1) is 23.5 Å². The number of rotatable bonds is 5. The number of hydrogen-bond donors (Lipinski definition) is 0. The van der Waals surface area contributed by atoms with E-state index in [1.54, 1.807) is 4.57 Å². The van der Waals surface area contributed by atoms with Crippen LogP contribution in [0.15, 0.2) is 63.9 Å². The minimum Gasteiger partial charge on any atom is -0.375 e. The maximum Gasteiger partial charge on any atom is 0.259 e. The molecule has 0 radical (unpaired) electrons. The van der Waals surface area contributed by atoms with Crippen LogP contribution in [0.25, 0.3) is 44.3 Å². The van der Waals surface area contributed by atoms with Gasteiger partial charge in [0.25, 0.3) is 5.56 Å². The van der Waals surface area contributed by atoms with E-state index in [4.69, 9.17) is 9.84 Å². The molecule has 0 aliphatic rings. The molecule has 0 saturated heterocycles. The highest BCUT2D eigenvalue weighted by Crippen LogP contribution is 2.33. The van der Waals surface area contributed by atoms with Gasteiger partial charge in [-0.25, -0.2) is 0 Å². The Morgan fingerprint density at radius 1 is 0.909 bits per heavy atom. The fourth-order valence-electron chi connectivity index (χ4n) is 4.47. The molecule has 0 atom stereocenters. The molecule has 0 saturated carbocycles. The normalized spacial score (nSPS) is 11.7. The number of fused-ring (bicyclic) bond motifs is 3. The van der Waals surface area contributed by atoms with Crippen molar-refractivity contribution in [2.45, 2.75) is 13.5 Å². The summed E-state index contributed by atoms with van der Waals surface area (Å²) in [5, 5.41) is 6.84. The van der Waals surface area contributed by atoms with Crippen molar-refractivity contribution in [3.63, 3.8) is 0 Å². The summed E-state index contributed by atoms with van der Waals surface area (Å²) >= 11 is 3.48. The van der Waals surface area contributed by atoms with Crippen LogP contribution in [-0.2, 0) is 32.5 Å². The lowest BCUT2D eigenvalue weighted by molar-refractivity contribution is 0.128. The first-order valence-corrected chi connectivity index (χ1v) is 11.7. The molecule has 0 aliphatic heterocycles. The van der Waals surface area contributed by atoms with E-state index in [2.05, 4.69) is 44.8 Å². The Kier molecular flexibility index (Phi) is 5.46. The number of aromatic nitrogens is 4. The van der Waals surface area contributed by atoms with Crippen LogP contribution in [-0.4, -0.2) is 25.5 Å². The number of nitrogens with zero attached hydrogens (tertiary/aromatic N) is 4. The second-order valence-electron chi connectivity index (χ2n) is 8.24. The minimum atomic E-state index is -0.0127. The molecule has 0 aliphatic carbocycles. The molecule has 168 valence electrons. The number of ether oxygens (including phenoxy) is 1. The van der Waals surface area contributed by atoms with Crippen LogP contribution < -0.4 is 5.56 Å². The van der Waals surface area contributed by atoms with E-state index in [9.17, 15) is 4.79 Å². The highest BCUT2D eigenvalue weighted by atomic mass is 79.9. The third kappa shape index (κ3) is 3.61. The van der Waals surface area contributed by atoms with Gasteiger partial charge in [0.15, 0.2) is 0 Å². The zero-order valence-electron chi connectivity index (χ0n) is 19.1. The molecule has 0 unspecified atom stereocenters. The van der Waals surface area contributed by atoms with E-state index in [0.717, 1.165) is 48.9 Å². The molecule has 3 aromatic heterocycles. The van der Waals surface area contributed by atoms with E-state index in [1.807, 2.05) is 63.1 Å². The largest absolute Gasteiger partial charge is 0.375 e. The van der Waals surface area contributed by atoms with Gasteiger partial charge >= 0.3 is 0 Å². The van der Waals surface area contributed by atoms with Crippen molar-refractivity contribution in [1.82, 2.24) is 18.9 Å². The van der Waals surface area contributed by atoms with Crippen LogP contribution in [0.1, 0.15) is 12.6 Å². The SMILES string of the molecule is CCOCc1cc(-c2ccc3c(c2)c2cc(-c4ccc(Br)cc4)c(=O)n(C)c2n3C)nn1C. The second-order valence-corrected chi connectivity index (χ2v) is 9.15. The Morgan fingerprint density at radius 2 is 1.64 bits per heavy atom.